The molecule has 124 valence electrons. The van der Waals surface area contributed by atoms with Gasteiger partial charge in [0.05, 0.1) is 31.3 Å². The van der Waals surface area contributed by atoms with Gasteiger partial charge in [0, 0.05) is 17.7 Å². The molecule has 1 fully saturated rings. The second-order valence-corrected chi connectivity index (χ2v) is 7.39. The minimum Gasteiger partial charge on any atom is -0.349 e. The van der Waals surface area contributed by atoms with Crippen molar-refractivity contribution >= 4 is 27.5 Å². The third-order valence-electron chi connectivity index (χ3n) is 4.58. The molecule has 2 atom stereocenters. The van der Waals surface area contributed by atoms with Crippen molar-refractivity contribution in [2.45, 2.75) is 39.3 Å². The zero-order chi connectivity index (χ0) is 16.4. The maximum Gasteiger partial charge on any atom is 0.262 e. The molecule has 2 N–H and O–H groups in total. The van der Waals surface area contributed by atoms with Gasteiger partial charge < -0.3 is 10.2 Å². The highest BCUT2D eigenvalue weighted by atomic mass is 32.1. The molecule has 6 nitrogen and oxygen atoms in total. The molecule has 3 rings (SSSR count). The Balaban J connectivity index is 1.64. The van der Waals surface area contributed by atoms with Gasteiger partial charge in [0.2, 0.25) is 5.91 Å². The van der Waals surface area contributed by atoms with Gasteiger partial charge in [-0.2, -0.15) is 0 Å². The number of likely N-dealkylation sites (tertiary alicyclic amines) is 1. The van der Waals surface area contributed by atoms with E-state index in [0.717, 1.165) is 22.7 Å². The van der Waals surface area contributed by atoms with Gasteiger partial charge in [0.1, 0.15) is 17.4 Å². The molecule has 3 heterocycles. The lowest BCUT2D eigenvalue weighted by molar-refractivity contribution is -0.909. The fraction of sp³-hybridized carbons (Fsp3) is 0.562. The lowest BCUT2D eigenvalue weighted by atomic mass is 10.2. The number of nitrogens with one attached hydrogen (secondary N) is 2. The van der Waals surface area contributed by atoms with Crippen molar-refractivity contribution in [1.82, 2.24) is 14.9 Å². The number of nitrogens with zero attached hydrogens (tertiary/aromatic N) is 2. The topological polar surface area (TPSA) is 68.4 Å². The van der Waals surface area contributed by atoms with E-state index in [9.17, 15) is 9.59 Å². The molecule has 0 saturated carbocycles. The quantitative estimate of drug-likeness (QED) is 0.805. The summed E-state index contributed by atoms with van der Waals surface area (Å²) in [6.07, 6.45) is 3.85. The lowest BCUT2D eigenvalue weighted by Crippen LogP contribution is -3.14. The van der Waals surface area contributed by atoms with Crippen LogP contribution in [0.1, 0.15) is 24.6 Å². The van der Waals surface area contributed by atoms with Crippen molar-refractivity contribution < 1.29 is 9.69 Å². The van der Waals surface area contributed by atoms with Crippen molar-refractivity contribution in [1.29, 1.82) is 0 Å². The van der Waals surface area contributed by atoms with E-state index in [1.54, 1.807) is 4.90 Å². The molecule has 0 aliphatic carbocycles. The van der Waals surface area contributed by atoms with Gasteiger partial charge in [0.25, 0.3) is 5.56 Å². The summed E-state index contributed by atoms with van der Waals surface area (Å²) in [6.45, 7) is 7.13. The average molecular weight is 335 g/mol. The van der Waals surface area contributed by atoms with E-state index in [-0.39, 0.29) is 18.0 Å². The molecular weight excluding hydrogens is 312 g/mol. The van der Waals surface area contributed by atoms with Gasteiger partial charge in [-0.25, -0.2) is 4.98 Å². The van der Waals surface area contributed by atoms with Crippen LogP contribution in [0.5, 0.6) is 0 Å². The molecule has 1 saturated heterocycles. The fourth-order valence-electron chi connectivity index (χ4n) is 3.34. The van der Waals surface area contributed by atoms with Crippen LogP contribution in [0.2, 0.25) is 0 Å². The molecule has 7 heteroatoms. The number of rotatable bonds is 5. The van der Waals surface area contributed by atoms with Crippen molar-refractivity contribution in [3.8, 4) is 0 Å². The number of likely N-dealkylation sites (N-methyl/N-ethyl adjacent to an activating group) is 1. The molecule has 23 heavy (non-hydrogen) atoms. The number of carbonyl (C=O) groups is 1. The van der Waals surface area contributed by atoms with Crippen molar-refractivity contribution in [3.63, 3.8) is 0 Å². The van der Waals surface area contributed by atoms with Crippen LogP contribution in [0, 0.1) is 6.92 Å². The minimum absolute atomic E-state index is 0.0326. The highest BCUT2D eigenvalue weighted by molar-refractivity contribution is 7.18. The van der Waals surface area contributed by atoms with Crippen molar-refractivity contribution in [2.24, 2.45) is 0 Å². The Bertz CT molecular complexity index is 767. The summed E-state index contributed by atoms with van der Waals surface area (Å²) in [5, 5.41) is 3.57. The second kappa shape index (κ2) is 6.80. The Morgan fingerprint density at radius 1 is 1.57 bits per heavy atom. The zero-order valence-electron chi connectivity index (χ0n) is 13.6. The van der Waals surface area contributed by atoms with Crippen molar-refractivity contribution in [3.05, 3.63) is 27.6 Å². The van der Waals surface area contributed by atoms with Crippen LogP contribution in [0.25, 0.3) is 10.2 Å². The predicted octanol–water partition coefficient (Wildman–Crippen LogP) is -0.0502. The number of fused-ring (bicyclic) bond motifs is 1. The first-order valence-electron chi connectivity index (χ1n) is 8.15. The molecule has 0 spiro atoms. The van der Waals surface area contributed by atoms with Crippen LogP contribution in [-0.2, 0) is 11.3 Å². The van der Waals surface area contributed by atoms with Crippen LogP contribution >= 0.6 is 11.3 Å². The van der Waals surface area contributed by atoms with E-state index in [1.807, 2.05) is 13.0 Å². The van der Waals surface area contributed by atoms with E-state index >= 15 is 0 Å². The first kappa shape index (κ1) is 16.1. The van der Waals surface area contributed by atoms with Gasteiger partial charge in [-0.1, -0.05) is 0 Å². The van der Waals surface area contributed by atoms with Crippen molar-refractivity contribution in [2.75, 3.05) is 19.6 Å². The summed E-state index contributed by atoms with van der Waals surface area (Å²) in [6, 6.07) is 2.34. The number of aryl methyl sites for hydroxylation is 1. The Labute approximate surface area is 139 Å². The maximum atomic E-state index is 12.4. The van der Waals surface area contributed by atoms with Crippen LogP contribution in [-0.4, -0.2) is 41.1 Å². The number of hydrogen-bond acceptors (Lipinski definition) is 4. The number of quaternary nitrogens is 1. The Kier molecular flexibility index (Phi) is 4.77. The van der Waals surface area contributed by atoms with Gasteiger partial charge in [-0.3, -0.25) is 14.2 Å². The molecule has 1 aliphatic heterocycles. The monoisotopic (exact) mass is 335 g/mol. The standard InChI is InChI=1S/C16H22N4O2S/c1-3-19-6-4-5-12(19)8-17-14(21)9-20-10-18-15-13(16(20)22)7-11(2)23-15/h7,10,12H,3-6,8-9H2,1-2H3,(H,17,21)/p+1. The number of hydrogen-bond donors (Lipinski definition) is 2. The molecule has 1 amide bonds. The highest BCUT2D eigenvalue weighted by Crippen LogP contribution is 2.19. The number of carbonyl (C=O) groups excluding carboxylic acids is 1. The Morgan fingerprint density at radius 2 is 2.39 bits per heavy atom. The van der Waals surface area contributed by atoms with E-state index < -0.39 is 0 Å². The predicted molar refractivity (Wildman–Crippen MR) is 91.0 cm³/mol. The van der Waals surface area contributed by atoms with Crippen LogP contribution < -0.4 is 15.8 Å². The summed E-state index contributed by atoms with van der Waals surface area (Å²) < 4.78 is 1.39. The van der Waals surface area contributed by atoms with Crippen LogP contribution in [0.3, 0.4) is 0 Å². The van der Waals surface area contributed by atoms with Crippen LogP contribution in [0.15, 0.2) is 17.2 Å². The molecule has 1 aliphatic rings. The molecule has 0 radical (unpaired) electrons. The number of thiophene rings is 1. The summed E-state index contributed by atoms with van der Waals surface area (Å²) in [5.41, 5.74) is -0.142. The van der Waals surface area contributed by atoms with E-state index in [0.29, 0.717) is 18.0 Å². The summed E-state index contributed by atoms with van der Waals surface area (Å²) >= 11 is 1.50. The molecule has 0 bridgehead atoms. The molecule has 2 aromatic heterocycles. The van der Waals surface area contributed by atoms with E-state index in [1.165, 1.54) is 35.2 Å². The summed E-state index contributed by atoms with van der Waals surface area (Å²) in [4.78, 5) is 32.2. The smallest absolute Gasteiger partial charge is 0.262 e. The van der Waals surface area contributed by atoms with Gasteiger partial charge in [0.15, 0.2) is 0 Å². The Hall–Kier alpha value is -1.73. The third kappa shape index (κ3) is 3.45. The van der Waals surface area contributed by atoms with Crippen LogP contribution in [0.4, 0.5) is 0 Å². The second-order valence-electron chi connectivity index (χ2n) is 6.16. The fourth-order valence-corrected chi connectivity index (χ4v) is 4.17. The maximum absolute atomic E-state index is 12.4. The van der Waals surface area contributed by atoms with Gasteiger partial charge >= 0.3 is 0 Å². The van der Waals surface area contributed by atoms with E-state index in [4.69, 9.17) is 0 Å². The normalized spacial score (nSPS) is 21.0. The Morgan fingerprint density at radius 3 is 3.17 bits per heavy atom. The first-order chi connectivity index (χ1) is 11.1. The SMILES string of the molecule is CC[NH+]1CCCC1CNC(=O)Cn1cnc2sc(C)cc2c1=O. The number of amides is 1. The molecule has 2 aromatic rings. The summed E-state index contributed by atoms with van der Waals surface area (Å²) in [5.74, 6) is -0.123. The van der Waals surface area contributed by atoms with Gasteiger partial charge in [-0.05, 0) is 19.9 Å². The zero-order valence-corrected chi connectivity index (χ0v) is 14.4. The minimum atomic E-state index is -0.142. The molecular formula is C16H23N4O2S+. The first-order valence-corrected chi connectivity index (χ1v) is 8.97. The molecule has 0 aromatic carbocycles. The largest absolute Gasteiger partial charge is 0.349 e. The summed E-state index contributed by atoms with van der Waals surface area (Å²) in [7, 11) is 0. The van der Waals surface area contributed by atoms with E-state index in [2.05, 4.69) is 17.2 Å². The average Bonchev–Trinajstić information content (AvgIpc) is 3.13. The number of aromatic nitrogens is 2. The van der Waals surface area contributed by atoms with Gasteiger partial charge in [-0.15, -0.1) is 11.3 Å². The third-order valence-corrected chi connectivity index (χ3v) is 5.54. The molecule has 2 unspecified atom stereocenters. The highest BCUT2D eigenvalue weighted by Gasteiger charge is 2.27. The lowest BCUT2D eigenvalue weighted by Gasteiger charge is -2.20.